The summed E-state index contributed by atoms with van der Waals surface area (Å²) in [5, 5.41) is 3.39. The second-order valence-corrected chi connectivity index (χ2v) is 8.83. The summed E-state index contributed by atoms with van der Waals surface area (Å²) >= 11 is 0.635. The lowest BCUT2D eigenvalue weighted by molar-refractivity contribution is 0.296. The Morgan fingerprint density at radius 2 is 2.09 bits per heavy atom. The molecule has 0 aromatic heterocycles. The smallest absolute Gasteiger partial charge is 0.123 e. The van der Waals surface area contributed by atoms with Gasteiger partial charge >= 0.3 is 0 Å². The molecule has 32 heavy (non-hydrogen) atoms. The molecule has 172 valence electrons. The molecule has 3 rings (SSSR count). The van der Waals surface area contributed by atoms with E-state index in [1.54, 1.807) is 12.1 Å². The molecule has 0 bridgehead atoms. The highest BCUT2D eigenvalue weighted by molar-refractivity contribution is 7.91. The second-order valence-electron chi connectivity index (χ2n) is 8.36. The molecule has 3 N–H and O–H groups in total. The first-order chi connectivity index (χ1) is 15.3. The third-order valence-electron chi connectivity index (χ3n) is 6.58. The van der Waals surface area contributed by atoms with Crippen LogP contribution in [0.2, 0.25) is 0 Å². The number of rotatable bonds is 10. The molecular weight excluding hydrogens is 423 g/mol. The average Bonchev–Trinajstić information content (AvgIpc) is 3.11. The lowest BCUT2D eigenvalue weighted by atomic mass is 9.67. The van der Waals surface area contributed by atoms with Gasteiger partial charge in [0.1, 0.15) is 5.82 Å². The quantitative estimate of drug-likeness (QED) is 0.189. The molecule has 5 nitrogen and oxygen atoms in total. The average molecular weight is 457 g/mol. The van der Waals surface area contributed by atoms with Crippen LogP contribution >= 0.6 is 12.2 Å². The van der Waals surface area contributed by atoms with Crippen molar-refractivity contribution in [3.05, 3.63) is 90.2 Å². The predicted molar refractivity (Wildman–Crippen MR) is 133 cm³/mol. The van der Waals surface area contributed by atoms with Gasteiger partial charge in [-0.25, -0.2) is 9.11 Å². The van der Waals surface area contributed by atoms with Crippen molar-refractivity contribution >= 4 is 17.9 Å². The summed E-state index contributed by atoms with van der Waals surface area (Å²) in [4.78, 5) is 4.32. The topological polar surface area (TPSA) is 50.8 Å². The van der Waals surface area contributed by atoms with Crippen molar-refractivity contribution in [1.82, 2.24) is 14.9 Å². The van der Waals surface area contributed by atoms with E-state index in [9.17, 15) is 4.39 Å². The maximum Gasteiger partial charge on any atom is 0.123 e. The summed E-state index contributed by atoms with van der Waals surface area (Å²) in [6.45, 7) is 11.1. The predicted octanol–water partition coefficient (Wildman–Crippen LogP) is 5.42. The molecule has 1 aliphatic heterocycles. The maximum absolute atomic E-state index is 13.5. The minimum Gasteiger partial charge on any atom is -0.370 e. The molecule has 2 atom stereocenters. The van der Waals surface area contributed by atoms with E-state index in [-0.39, 0.29) is 17.4 Å². The number of benzene rings is 1. The number of likely N-dealkylation sites (N-methyl/N-ethyl adjacent to an activating group) is 1. The van der Waals surface area contributed by atoms with Gasteiger partial charge in [-0.1, -0.05) is 24.3 Å². The van der Waals surface area contributed by atoms with Crippen molar-refractivity contribution in [2.75, 3.05) is 25.5 Å². The lowest BCUT2D eigenvalue weighted by Gasteiger charge is -2.41. The monoisotopic (exact) mass is 456 g/mol. The molecule has 1 aromatic carbocycles. The SMILES string of the molecule is C=CC1=C(N(C)c2ccc(F)cc2)C=C(CCNSO)C(C=C)(CC2=CNC(C)N2C)C1. The maximum atomic E-state index is 13.5. The Morgan fingerprint density at radius 3 is 2.66 bits per heavy atom. The minimum atomic E-state index is -0.274. The molecule has 2 aliphatic rings. The second kappa shape index (κ2) is 10.4. The lowest BCUT2D eigenvalue weighted by Crippen LogP contribution is -2.34. The molecule has 0 saturated heterocycles. The Balaban J connectivity index is 2.00. The zero-order valence-electron chi connectivity index (χ0n) is 19.1. The first kappa shape index (κ1) is 24.2. The van der Waals surface area contributed by atoms with Crippen LogP contribution in [0.4, 0.5) is 10.1 Å². The molecule has 0 amide bonds. The van der Waals surface area contributed by atoms with Crippen LogP contribution in [0, 0.1) is 11.2 Å². The third-order valence-corrected chi connectivity index (χ3v) is 6.91. The van der Waals surface area contributed by atoms with E-state index < -0.39 is 0 Å². The minimum absolute atomic E-state index is 0.255. The highest BCUT2D eigenvalue weighted by atomic mass is 32.2. The van der Waals surface area contributed by atoms with Crippen molar-refractivity contribution in [3.63, 3.8) is 0 Å². The van der Waals surface area contributed by atoms with Crippen molar-refractivity contribution in [3.8, 4) is 0 Å². The molecule has 0 radical (unpaired) electrons. The summed E-state index contributed by atoms with van der Waals surface area (Å²) < 4.78 is 25.5. The van der Waals surface area contributed by atoms with Crippen molar-refractivity contribution in [2.24, 2.45) is 5.41 Å². The van der Waals surface area contributed by atoms with Crippen LogP contribution in [0.3, 0.4) is 0 Å². The molecular formula is C25H33FN4OS. The van der Waals surface area contributed by atoms with Gasteiger partial charge in [0.05, 0.1) is 18.4 Å². The first-order valence-electron chi connectivity index (χ1n) is 10.8. The number of hydrogen-bond acceptors (Lipinski definition) is 6. The summed E-state index contributed by atoms with van der Waals surface area (Å²) in [5.74, 6) is -0.255. The third kappa shape index (κ3) is 4.95. The first-order valence-corrected chi connectivity index (χ1v) is 11.5. The summed E-state index contributed by atoms with van der Waals surface area (Å²) in [6.07, 6.45) is 10.9. The van der Waals surface area contributed by atoms with E-state index in [1.165, 1.54) is 23.4 Å². The van der Waals surface area contributed by atoms with Crippen LogP contribution in [0.5, 0.6) is 0 Å². The van der Waals surface area contributed by atoms with E-state index in [1.807, 2.05) is 13.1 Å². The van der Waals surface area contributed by atoms with Gasteiger partial charge in [-0.15, -0.1) is 6.58 Å². The summed E-state index contributed by atoms with van der Waals surface area (Å²) in [6, 6.07) is 6.50. The normalized spacial score (nSPS) is 22.9. The van der Waals surface area contributed by atoms with E-state index >= 15 is 0 Å². The van der Waals surface area contributed by atoms with Crippen molar-refractivity contribution < 1.29 is 8.94 Å². The van der Waals surface area contributed by atoms with Gasteiger partial charge in [-0.2, -0.15) is 0 Å². The van der Waals surface area contributed by atoms with Crippen LogP contribution < -0.4 is 14.9 Å². The fraction of sp³-hybridized carbons (Fsp3) is 0.360. The van der Waals surface area contributed by atoms with Crippen molar-refractivity contribution in [1.29, 1.82) is 0 Å². The highest BCUT2D eigenvalue weighted by Crippen LogP contribution is 2.48. The highest BCUT2D eigenvalue weighted by Gasteiger charge is 2.38. The van der Waals surface area contributed by atoms with Crippen LogP contribution in [-0.4, -0.2) is 36.3 Å². The van der Waals surface area contributed by atoms with Crippen LogP contribution in [-0.2, 0) is 0 Å². The molecule has 2 unspecified atom stereocenters. The fourth-order valence-corrected chi connectivity index (χ4v) is 4.61. The number of halogens is 1. The zero-order valence-corrected chi connectivity index (χ0v) is 19.9. The van der Waals surface area contributed by atoms with Gasteiger partial charge in [0, 0.05) is 55.8 Å². The molecule has 0 spiro atoms. The molecule has 1 aliphatic carbocycles. The largest absolute Gasteiger partial charge is 0.370 e. The number of hydrogen-bond donors (Lipinski definition) is 3. The molecule has 7 heteroatoms. The molecule has 1 heterocycles. The van der Waals surface area contributed by atoms with Gasteiger partial charge in [-0.05, 0) is 55.7 Å². The van der Waals surface area contributed by atoms with Crippen LogP contribution in [0.15, 0.2) is 84.4 Å². The van der Waals surface area contributed by atoms with Gasteiger partial charge in [-0.3, -0.25) is 0 Å². The molecule has 0 fully saturated rings. The molecule has 1 aromatic rings. The van der Waals surface area contributed by atoms with Gasteiger partial charge in [0.25, 0.3) is 0 Å². The van der Waals surface area contributed by atoms with Gasteiger partial charge in [0.15, 0.2) is 0 Å². The van der Waals surface area contributed by atoms with Gasteiger partial charge in [0.2, 0.25) is 0 Å². The number of nitrogens with one attached hydrogen (secondary N) is 2. The van der Waals surface area contributed by atoms with Crippen molar-refractivity contribution in [2.45, 2.75) is 32.4 Å². The molecule has 0 saturated carbocycles. The Hall–Kier alpha value is -2.48. The van der Waals surface area contributed by atoms with E-state index in [0.717, 1.165) is 36.2 Å². The zero-order chi connectivity index (χ0) is 23.3. The van der Waals surface area contributed by atoms with E-state index in [0.29, 0.717) is 18.8 Å². The number of anilines is 1. The van der Waals surface area contributed by atoms with Crippen LogP contribution in [0.25, 0.3) is 0 Å². The standard InChI is InChI=1S/C25H33FN4OS/c1-6-19-15-25(7-2,16-23-17-27-18(3)29(23)4)20(12-13-28-32-31)14-24(19)30(5)22-10-8-21(26)9-11-22/h6-11,14,17-18,27-28,31H,1-2,12-13,15-16H2,3-5H3. The van der Waals surface area contributed by atoms with Crippen LogP contribution in [0.1, 0.15) is 26.2 Å². The van der Waals surface area contributed by atoms with E-state index in [4.69, 9.17) is 4.55 Å². The van der Waals surface area contributed by atoms with Gasteiger partial charge < -0.3 is 19.7 Å². The number of allylic oxidation sites excluding steroid dienone is 5. The summed E-state index contributed by atoms with van der Waals surface area (Å²) in [7, 11) is 4.09. The Bertz CT molecular complexity index is 940. The fourth-order valence-electron chi connectivity index (χ4n) is 4.42. The Morgan fingerprint density at radius 1 is 1.38 bits per heavy atom. The Labute approximate surface area is 195 Å². The summed E-state index contributed by atoms with van der Waals surface area (Å²) in [5.41, 5.74) is 5.25. The Kier molecular flexibility index (Phi) is 7.87. The van der Waals surface area contributed by atoms with E-state index in [2.05, 4.69) is 65.3 Å². The number of nitrogens with zero attached hydrogens (tertiary/aromatic N) is 2.